The molecule has 0 saturated heterocycles. The molecule has 0 aliphatic carbocycles. The zero-order valence-electron chi connectivity index (χ0n) is 13.2. The molecule has 0 bridgehead atoms. The number of hydrogen-bond acceptors (Lipinski definition) is 4. The lowest BCUT2D eigenvalue weighted by molar-refractivity contribution is -0.139. The molecule has 0 saturated carbocycles. The van der Waals surface area contributed by atoms with Crippen molar-refractivity contribution < 1.29 is 19.4 Å². The van der Waals surface area contributed by atoms with E-state index >= 15 is 0 Å². The first-order valence-corrected chi connectivity index (χ1v) is 7.16. The molecule has 1 heterocycles. The first-order valence-electron chi connectivity index (χ1n) is 7.16. The second kappa shape index (κ2) is 6.95. The lowest BCUT2D eigenvalue weighted by atomic mass is 10.1. The highest BCUT2D eigenvalue weighted by atomic mass is 16.5. The summed E-state index contributed by atoms with van der Waals surface area (Å²) in [6, 6.07) is 8.33. The van der Waals surface area contributed by atoms with Gasteiger partial charge in [-0.05, 0) is 24.1 Å². The van der Waals surface area contributed by atoms with Gasteiger partial charge in [-0.2, -0.15) is 5.10 Å². The van der Waals surface area contributed by atoms with Crippen molar-refractivity contribution in [2.45, 2.75) is 19.8 Å². The Morgan fingerprint density at radius 1 is 1.35 bits per heavy atom. The van der Waals surface area contributed by atoms with Crippen molar-refractivity contribution in [3.05, 3.63) is 41.7 Å². The number of amides is 1. The Bertz CT molecular complexity index is 722. The van der Waals surface area contributed by atoms with Crippen LogP contribution in [0.15, 0.2) is 30.3 Å². The lowest BCUT2D eigenvalue weighted by Gasteiger charge is -2.08. The molecule has 0 aliphatic heterocycles. The zero-order chi connectivity index (χ0) is 17.0. The quantitative estimate of drug-likeness (QED) is 0.852. The van der Waals surface area contributed by atoms with Gasteiger partial charge in [-0.3, -0.25) is 9.48 Å². The molecule has 23 heavy (non-hydrogen) atoms. The zero-order valence-corrected chi connectivity index (χ0v) is 13.2. The van der Waals surface area contributed by atoms with Crippen LogP contribution in [0.5, 0.6) is 5.75 Å². The third-order valence-corrected chi connectivity index (χ3v) is 3.18. The van der Waals surface area contributed by atoms with Gasteiger partial charge in [0.1, 0.15) is 11.4 Å². The Morgan fingerprint density at radius 3 is 2.70 bits per heavy atom. The number of aliphatic carboxylic acids is 1. The third kappa shape index (κ3) is 4.32. The van der Waals surface area contributed by atoms with Gasteiger partial charge < -0.3 is 15.2 Å². The maximum absolute atomic E-state index is 12.3. The molecule has 0 unspecified atom stereocenters. The molecular formula is C16H19N3O4. The molecule has 2 rings (SSSR count). The monoisotopic (exact) mass is 317 g/mol. The van der Waals surface area contributed by atoms with Crippen molar-refractivity contribution >= 4 is 17.6 Å². The number of benzene rings is 1. The van der Waals surface area contributed by atoms with Crippen LogP contribution in [0.3, 0.4) is 0 Å². The standard InChI is InChI=1S/C16H19N3O4/c1-10(2)13-8-14(19(3)18-13)16(22)17-11-5-4-6-12(7-11)23-9-15(20)21/h4-8,10H,9H2,1-3H3,(H,17,22)(H,20,21). The number of nitrogens with one attached hydrogen (secondary N) is 1. The van der Waals surface area contributed by atoms with E-state index in [9.17, 15) is 9.59 Å². The van der Waals surface area contributed by atoms with Crippen molar-refractivity contribution in [1.29, 1.82) is 0 Å². The van der Waals surface area contributed by atoms with Crippen LogP contribution < -0.4 is 10.1 Å². The van der Waals surface area contributed by atoms with E-state index in [4.69, 9.17) is 9.84 Å². The lowest BCUT2D eigenvalue weighted by Crippen LogP contribution is -2.16. The maximum Gasteiger partial charge on any atom is 0.341 e. The SMILES string of the molecule is CC(C)c1cc(C(=O)Nc2cccc(OCC(=O)O)c2)n(C)n1. The number of carbonyl (C=O) groups excluding carboxylic acids is 1. The summed E-state index contributed by atoms with van der Waals surface area (Å²) in [5.41, 5.74) is 1.81. The minimum absolute atomic E-state index is 0.232. The van der Waals surface area contributed by atoms with Gasteiger partial charge >= 0.3 is 5.97 Å². The van der Waals surface area contributed by atoms with Gasteiger partial charge in [-0.15, -0.1) is 0 Å². The number of carboxylic acids is 1. The van der Waals surface area contributed by atoms with Crippen molar-refractivity contribution in [2.24, 2.45) is 7.05 Å². The van der Waals surface area contributed by atoms with Crippen LogP contribution in [0.25, 0.3) is 0 Å². The molecule has 2 N–H and O–H groups in total. The van der Waals surface area contributed by atoms with Gasteiger partial charge in [0.15, 0.2) is 6.61 Å². The summed E-state index contributed by atoms with van der Waals surface area (Å²) in [6.45, 7) is 3.58. The van der Waals surface area contributed by atoms with E-state index in [1.165, 1.54) is 4.68 Å². The van der Waals surface area contributed by atoms with Gasteiger partial charge in [-0.1, -0.05) is 19.9 Å². The number of hydrogen-bond donors (Lipinski definition) is 2. The van der Waals surface area contributed by atoms with E-state index < -0.39 is 12.6 Å². The topological polar surface area (TPSA) is 93.5 Å². The van der Waals surface area contributed by atoms with E-state index in [1.54, 1.807) is 37.4 Å². The second-order valence-corrected chi connectivity index (χ2v) is 5.40. The minimum Gasteiger partial charge on any atom is -0.482 e. The molecule has 2 aromatic rings. The molecule has 7 heteroatoms. The highest BCUT2D eigenvalue weighted by Gasteiger charge is 2.15. The van der Waals surface area contributed by atoms with Crippen molar-refractivity contribution in [2.75, 3.05) is 11.9 Å². The second-order valence-electron chi connectivity index (χ2n) is 5.40. The first kappa shape index (κ1) is 16.5. The molecule has 0 aliphatic rings. The summed E-state index contributed by atoms with van der Waals surface area (Å²) in [7, 11) is 1.72. The van der Waals surface area contributed by atoms with E-state index in [2.05, 4.69) is 10.4 Å². The molecule has 0 spiro atoms. The van der Waals surface area contributed by atoms with Gasteiger partial charge in [0.25, 0.3) is 5.91 Å². The highest BCUT2D eigenvalue weighted by molar-refractivity contribution is 6.03. The van der Waals surface area contributed by atoms with Gasteiger partial charge in [0.05, 0.1) is 5.69 Å². The van der Waals surface area contributed by atoms with E-state index in [0.717, 1.165) is 5.69 Å². The molecule has 122 valence electrons. The van der Waals surface area contributed by atoms with E-state index in [1.807, 2.05) is 13.8 Å². The van der Waals surface area contributed by atoms with Crippen LogP contribution >= 0.6 is 0 Å². The van der Waals surface area contributed by atoms with Crippen LogP contribution in [0.4, 0.5) is 5.69 Å². The Labute approximate surface area is 133 Å². The Kier molecular flexibility index (Phi) is 5.00. The summed E-state index contributed by atoms with van der Waals surface area (Å²) in [6.07, 6.45) is 0. The van der Waals surface area contributed by atoms with Gasteiger partial charge in [-0.25, -0.2) is 4.79 Å². The molecule has 7 nitrogen and oxygen atoms in total. The summed E-state index contributed by atoms with van der Waals surface area (Å²) >= 11 is 0. The van der Waals surface area contributed by atoms with Crippen LogP contribution in [0.2, 0.25) is 0 Å². The number of aromatic nitrogens is 2. The predicted molar refractivity (Wildman–Crippen MR) is 84.8 cm³/mol. The fraction of sp³-hybridized carbons (Fsp3) is 0.312. The van der Waals surface area contributed by atoms with Crippen molar-refractivity contribution in [3.8, 4) is 5.75 Å². The molecule has 1 aromatic carbocycles. The van der Waals surface area contributed by atoms with E-state index in [0.29, 0.717) is 17.1 Å². The fourth-order valence-electron chi connectivity index (χ4n) is 1.99. The number of carbonyl (C=O) groups is 2. The summed E-state index contributed by atoms with van der Waals surface area (Å²) in [4.78, 5) is 22.9. The largest absolute Gasteiger partial charge is 0.482 e. The van der Waals surface area contributed by atoms with Crippen molar-refractivity contribution in [1.82, 2.24) is 9.78 Å². The average Bonchev–Trinajstić information content (AvgIpc) is 2.88. The number of nitrogens with zero attached hydrogens (tertiary/aromatic N) is 2. The third-order valence-electron chi connectivity index (χ3n) is 3.18. The Morgan fingerprint density at radius 2 is 2.09 bits per heavy atom. The molecular weight excluding hydrogens is 298 g/mol. The van der Waals surface area contributed by atoms with Crippen LogP contribution in [0, 0.1) is 0 Å². The molecule has 1 aromatic heterocycles. The number of anilines is 1. The van der Waals surface area contributed by atoms with E-state index in [-0.39, 0.29) is 11.8 Å². The number of carboxylic acid groups (broad SMARTS) is 1. The van der Waals surface area contributed by atoms with Crippen LogP contribution in [-0.4, -0.2) is 33.4 Å². The molecule has 1 amide bonds. The maximum atomic E-state index is 12.3. The minimum atomic E-state index is -1.06. The number of rotatable bonds is 6. The molecule has 0 fully saturated rings. The van der Waals surface area contributed by atoms with Gasteiger partial charge in [0.2, 0.25) is 0 Å². The Balaban J connectivity index is 2.11. The number of aryl methyl sites for hydroxylation is 1. The summed E-state index contributed by atoms with van der Waals surface area (Å²) < 4.78 is 6.62. The highest BCUT2D eigenvalue weighted by Crippen LogP contribution is 2.19. The smallest absolute Gasteiger partial charge is 0.341 e. The Hall–Kier alpha value is -2.83. The fourth-order valence-corrected chi connectivity index (χ4v) is 1.99. The normalized spacial score (nSPS) is 10.6. The van der Waals surface area contributed by atoms with Crippen molar-refractivity contribution in [3.63, 3.8) is 0 Å². The van der Waals surface area contributed by atoms with Gasteiger partial charge in [0, 0.05) is 18.8 Å². The summed E-state index contributed by atoms with van der Waals surface area (Å²) in [5, 5.41) is 15.7. The molecule has 0 radical (unpaired) electrons. The van der Waals surface area contributed by atoms with Crippen LogP contribution in [-0.2, 0) is 11.8 Å². The van der Waals surface area contributed by atoms with Crippen LogP contribution in [0.1, 0.15) is 35.9 Å². The first-order chi connectivity index (χ1) is 10.9. The number of ether oxygens (including phenoxy) is 1. The predicted octanol–water partition coefficient (Wildman–Crippen LogP) is 2.26. The summed E-state index contributed by atoms with van der Waals surface area (Å²) in [5.74, 6) is -0.744. The average molecular weight is 317 g/mol. The molecule has 0 atom stereocenters.